The summed E-state index contributed by atoms with van der Waals surface area (Å²) in [6.45, 7) is -3.41. The predicted molar refractivity (Wildman–Crippen MR) is 133 cm³/mol. The number of hydrogen-bond donors (Lipinski definition) is 4. The number of aromatic nitrogens is 5. The molecule has 12 heteroatoms. The van der Waals surface area contributed by atoms with Crippen molar-refractivity contribution in [2.45, 2.75) is 74.5 Å². The van der Waals surface area contributed by atoms with Crippen molar-refractivity contribution < 1.29 is 35.4 Å². The molecule has 4 N–H and O–H groups in total. The zero-order valence-corrected chi connectivity index (χ0v) is 20.2. The first-order valence-corrected chi connectivity index (χ1v) is 12.2. The Morgan fingerprint density at radius 1 is 1.33 bits per heavy atom. The van der Waals surface area contributed by atoms with Crippen molar-refractivity contribution in [3.05, 3.63) is 35.1 Å². The van der Waals surface area contributed by atoms with Gasteiger partial charge in [0.15, 0.2) is 22.1 Å². The summed E-state index contributed by atoms with van der Waals surface area (Å²) in [6.07, 6.45) is -6.82. The Morgan fingerprint density at radius 3 is 2.92 bits per heavy atom. The Labute approximate surface area is 223 Å². The van der Waals surface area contributed by atoms with Gasteiger partial charge in [-0.1, -0.05) is 36.0 Å². The van der Waals surface area contributed by atoms with E-state index in [-0.39, 0.29) is 35.0 Å². The number of ether oxygens (including phenoxy) is 1. The van der Waals surface area contributed by atoms with Crippen LogP contribution in [0.2, 0.25) is 0 Å². The monoisotopic (exact) mass is 526 g/mol. The SMILES string of the molecule is [2H]C([2H])(CC)Sc1nc(N[C@H]2[C@H](c3ccc(C)c(F)c3)C2([2H])[2H])c2nnn([C@@H]3C[C@H](OC([2H])([2H])C([2H])([2H])O)[C@@H](O)[C@H]3O)c2n1. The highest BCUT2D eigenvalue weighted by Gasteiger charge is 2.45. The Kier molecular flexibility index (Phi) is 5.03. The Balaban J connectivity index is 1.51. The molecule has 194 valence electrons. The minimum atomic E-state index is -3.41. The fourth-order valence-electron chi connectivity index (χ4n) is 4.25. The van der Waals surface area contributed by atoms with Gasteiger partial charge in [0.2, 0.25) is 0 Å². The van der Waals surface area contributed by atoms with Gasteiger partial charge in [0.1, 0.15) is 18.0 Å². The molecule has 2 aromatic heterocycles. The van der Waals surface area contributed by atoms with E-state index < -0.39 is 67.3 Å². The van der Waals surface area contributed by atoms with E-state index in [2.05, 4.69) is 25.6 Å². The first-order valence-electron chi connectivity index (χ1n) is 15.4. The number of fused-ring (bicyclic) bond motifs is 1. The highest BCUT2D eigenvalue weighted by atomic mass is 32.2. The van der Waals surface area contributed by atoms with E-state index in [9.17, 15) is 19.7 Å². The van der Waals surface area contributed by atoms with E-state index in [1.165, 1.54) is 6.07 Å². The summed E-state index contributed by atoms with van der Waals surface area (Å²) in [5.41, 5.74) is -0.943. The van der Waals surface area contributed by atoms with Crippen LogP contribution in [0.5, 0.6) is 0 Å². The quantitative estimate of drug-likeness (QED) is 0.230. The van der Waals surface area contributed by atoms with Crippen molar-refractivity contribution in [3.8, 4) is 0 Å². The molecule has 0 aliphatic heterocycles. The number of rotatable bonds is 10. The van der Waals surface area contributed by atoms with Gasteiger partial charge in [0.25, 0.3) is 0 Å². The van der Waals surface area contributed by atoms with E-state index in [1.54, 1.807) is 26.0 Å². The van der Waals surface area contributed by atoms with Crippen molar-refractivity contribution in [1.82, 2.24) is 25.0 Å². The number of nitrogens with one attached hydrogen (secondary N) is 1. The molecular formula is C24H31FN6O4S. The van der Waals surface area contributed by atoms with Gasteiger partial charge in [-0.2, -0.15) is 0 Å². The topological polar surface area (TPSA) is 138 Å². The maximum Gasteiger partial charge on any atom is 0.191 e. The molecule has 2 heterocycles. The number of aryl methyl sites for hydroxylation is 1. The van der Waals surface area contributed by atoms with Crippen LogP contribution in [0.3, 0.4) is 0 Å². The fourth-order valence-corrected chi connectivity index (χ4v) is 4.79. The molecule has 0 unspecified atom stereocenters. The third-order valence-corrected chi connectivity index (χ3v) is 7.01. The lowest BCUT2D eigenvalue weighted by atomic mass is 10.1. The molecule has 0 spiro atoms. The van der Waals surface area contributed by atoms with Gasteiger partial charge in [-0.15, -0.1) is 5.10 Å². The average molecular weight is 527 g/mol. The van der Waals surface area contributed by atoms with Crippen LogP contribution >= 0.6 is 11.8 Å². The van der Waals surface area contributed by atoms with Crippen LogP contribution in [-0.4, -0.2) is 83.5 Å². The summed E-state index contributed by atoms with van der Waals surface area (Å²) in [4.78, 5) is 8.79. The highest BCUT2D eigenvalue weighted by Crippen LogP contribution is 2.44. The van der Waals surface area contributed by atoms with Gasteiger partial charge in [0.05, 0.1) is 30.7 Å². The van der Waals surface area contributed by atoms with Crippen LogP contribution in [0.15, 0.2) is 23.4 Å². The van der Waals surface area contributed by atoms with Crippen molar-refractivity contribution in [2.24, 2.45) is 0 Å². The number of nitrogens with zero attached hydrogens (tertiary/aromatic N) is 5. The van der Waals surface area contributed by atoms with Crippen LogP contribution < -0.4 is 5.32 Å². The zero-order valence-electron chi connectivity index (χ0n) is 27.4. The Bertz CT molecular complexity index is 1560. The van der Waals surface area contributed by atoms with E-state index in [0.29, 0.717) is 22.9 Å². The van der Waals surface area contributed by atoms with E-state index in [1.807, 2.05) is 0 Å². The summed E-state index contributed by atoms with van der Waals surface area (Å²) < 4.78 is 83.9. The second-order valence-corrected chi connectivity index (χ2v) is 9.45. The minimum absolute atomic E-state index is 0.00487. The third kappa shape index (κ3) is 4.92. The van der Waals surface area contributed by atoms with Crippen LogP contribution in [0.4, 0.5) is 10.2 Å². The molecule has 5 rings (SSSR count). The number of halogens is 1. The van der Waals surface area contributed by atoms with E-state index >= 15 is 0 Å². The molecule has 2 fully saturated rings. The summed E-state index contributed by atoms with van der Waals surface area (Å²) >= 11 is 0.693. The average Bonchev–Trinajstić information content (AvgIpc) is 3.15. The summed E-state index contributed by atoms with van der Waals surface area (Å²) in [6, 6.07) is 2.48. The number of benzene rings is 1. The maximum absolute atomic E-state index is 14.3. The fraction of sp³-hybridized carbons (Fsp3) is 0.583. The lowest BCUT2D eigenvalue weighted by Crippen LogP contribution is -2.33. The molecule has 2 aliphatic rings. The first-order chi connectivity index (χ1) is 20.3. The molecule has 36 heavy (non-hydrogen) atoms. The van der Waals surface area contributed by atoms with Gasteiger partial charge in [-0.05, 0) is 36.9 Å². The molecule has 1 aromatic carbocycles. The molecular weight excluding hydrogens is 487 g/mol. The molecule has 10 nitrogen and oxygen atoms in total. The van der Waals surface area contributed by atoms with Gasteiger partial charge >= 0.3 is 0 Å². The third-order valence-electron chi connectivity index (χ3n) is 6.21. The van der Waals surface area contributed by atoms with Crippen LogP contribution in [0, 0.1) is 12.7 Å². The molecule has 2 aliphatic carbocycles. The van der Waals surface area contributed by atoms with Crippen LogP contribution in [-0.2, 0) is 4.74 Å². The number of aliphatic hydroxyl groups excluding tert-OH is 2. The van der Waals surface area contributed by atoms with Gasteiger partial charge in [-0.25, -0.2) is 19.0 Å². The van der Waals surface area contributed by atoms with Crippen molar-refractivity contribution in [1.29, 1.82) is 0 Å². The van der Waals surface area contributed by atoms with Crippen molar-refractivity contribution >= 4 is 28.7 Å². The molecule has 6 atom stereocenters. The standard InChI is InChI=1S/C24H31FN6O4S/c1-3-8-36-24-27-22(26-16-10-14(16)13-5-4-12(2)15(25)9-13)19-23(28-24)31(30-29-19)17-11-18(35-7-6-32)21(34)20(17)33/h4-5,9,14,16-18,20-21,32-34H,3,6-8,10-11H2,1-2H3,(H,26,27,28)/t14-,16+,17+,18-,20-,21+/m0/s1/i6D2,7D2,8D2,10D2. The maximum atomic E-state index is 14.3. The van der Waals surface area contributed by atoms with Gasteiger partial charge in [-0.3, -0.25) is 0 Å². The number of hydrogen-bond acceptors (Lipinski definition) is 10. The Morgan fingerprint density at radius 2 is 2.17 bits per heavy atom. The number of aliphatic hydroxyl groups is 3. The van der Waals surface area contributed by atoms with Gasteiger partial charge < -0.3 is 25.4 Å². The predicted octanol–water partition coefficient (Wildman–Crippen LogP) is 2.18. The molecule has 0 bridgehead atoms. The molecule has 2 saturated carbocycles. The molecule has 0 saturated heterocycles. The summed E-state index contributed by atoms with van der Waals surface area (Å²) in [5, 5.41) is 42.1. The minimum Gasteiger partial charge on any atom is -0.394 e. The first kappa shape index (κ1) is 17.2. The highest BCUT2D eigenvalue weighted by molar-refractivity contribution is 7.99. The second kappa shape index (κ2) is 10.5. The summed E-state index contributed by atoms with van der Waals surface area (Å²) in [5.74, 6) is -1.21. The molecule has 3 aromatic rings. The largest absolute Gasteiger partial charge is 0.394 e. The lowest BCUT2D eigenvalue weighted by molar-refractivity contribution is -0.0629. The van der Waals surface area contributed by atoms with E-state index in [4.69, 9.17) is 15.7 Å². The number of thioether (sulfide) groups is 1. The van der Waals surface area contributed by atoms with Crippen LogP contribution in [0.25, 0.3) is 11.2 Å². The summed E-state index contributed by atoms with van der Waals surface area (Å²) in [7, 11) is 0. The van der Waals surface area contributed by atoms with E-state index in [0.717, 1.165) is 4.68 Å². The normalized spacial score (nSPS) is 33.5. The smallest absolute Gasteiger partial charge is 0.191 e. The molecule has 0 radical (unpaired) electrons. The molecule has 0 amide bonds. The second-order valence-electron chi connectivity index (χ2n) is 8.59. The number of anilines is 1. The van der Waals surface area contributed by atoms with Crippen molar-refractivity contribution in [3.63, 3.8) is 0 Å². The van der Waals surface area contributed by atoms with Crippen LogP contribution in [0.1, 0.15) is 60.2 Å². The van der Waals surface area contributed by atoms with Gasteiger partial charge in [0, 0.05) is 29.6 Å². The Hall–Kier alpha value is -2.38. The lowest BCUT2D eigenvalue weighted by Gasteiger charge is -2.17. The van der Waals surface area contributed by atoms with Crippen molar-refractivity contribution in [2.75, 3.05) is 24.1 Å². The zero-order chi connectivity index (χ0) is 32.6.